The molecule has 0 bridgehead atoms. The molecule has 20 heavy (non-hydrogen) atoms. The Balaban J connectivity index is 1.85. The van der Waals surface area contributed by atoms with Crippen LogP contribution in [0.25, 0.3) is 10.1 Å². The third-order valence-electron chi connectivity index (χ3n) is 3.00. The Morgan fingerprint density at radius 3 is 2.90 bits per heavy atom. The summed E-state index contributed by atoms with van der Waals surface area (Å²) < 4.78 is 20.7. The van der Waals surface area contributed by atoms with E-state index in [4.69, 9.17) is 10.5 Å². The van der Waals surface area contributed by atoms with Crippen LogP contribution in [0, 0.1) is 5.82 Å². The van der Waals surface area contributed by atoms with Crippen molar-refractivity contribution in [3.63, 3.8) is 0 Å². The molecule has 1 aromatic heterocycles. The molecule has 2 N–H and O–H groups in total. The zero-order valence-electron chi connectivity index (χ0n) is 10.4. The number of rotatable bonds is 3. The van der Waals surface area contributed by atoms with Gasteiger partial charge in [-0.05, 0) is 38.8 Å². The van der Waals surface area contributed by atoms with Crippen LogP contribution < -0.4 is 10.5 Å². The van der Waals surface area contributed by atoms with Crippen molar-refractivity contribution in [2.24, 2.45) is 0 Å². The quantitative estimate of drug-likeness (QED) is 0.676. The normalized spacial score (nSPS) is 10.9. The van der Waals surface area contributed by atoms with E-state index in [0.717, 1.165) is 10.9 Å². The third kappa shape index (κ3) is 2.51. The van der Waals surface area contributed by atoms with Gasteiger partial charge in [0.2, 0.25) is 0 Å². The minimum atomic E-state index is -0.385. The minimum absolute atomic E-state index is 0.336. The van der Waals surface area contributed by atoms with Crippen molar-refractivity contribution in [2.45, 2.75) is 6.61 Å². The van der Waals surface area contributed by atoms with Gasteiger partial charge in [-0.25, -0.2) is 4.39 Å². The summed E-state index contributed by atoms with van der Waals surface area (Å²) in [4.78, 5) is 0. The van der Waals surface area contributed by atoms with Crippen molar-refractivity contribution in [1.29, 1.82) is 0 Å². The van der Waals surface area contributed by atoms with Gasteiger partial charge in [0.1, 0.15) is 18.2 Å². The number of halogens is 2. The van der Waals surface area contributed by atoms with Gasteiger partial charge in [0, 0.05) is 16.3 Å². The third-order valence-corrected chi connectivity index (χ3v) is 4.62. The average molecular weight is 352 g/mol. The van der Waals surface area contributed by atoms with E-state index in [2.05, 4.69) is 33.4 Å². The first-order chi connectivity index (χ1) is 9.65. The maximum absolute atomic E-state index is 13.5. The molecule has 0 aliphatic rings. The molecule has 5 heteroatoms. The molecule has 1 heterocycles. The molecule has 0 spiro atoms. The predicted molar refractivity (Wildman–Crippen MR) is 84.7 cm³/mol. The smallest absolute Gasteiger partial charge is 0.145 e. The highest BCUT2D eigenvalue weighted by atomic mass is 79.9. The Kier molecular flexibility index (Phi) is 3.63. The number of fused-ring (bicyclic) bond motifs is 1. The van der Waals surface area contributed by atoms with E-state index in [1.165, 1.54) is 16.8 Å². The number of hydrogen-bond donors (Lipinski definition) is 1. The lowest BCUT2D eigenvalue weighted by molar-refractivity contribution is 0.308. The molecule has 0 saturated carbocycles. The van der Waals surface area contributed by atoms with Gasteiger partial charge in [0.15, 0.2) is 0 Å². The lowest BCUT2D eigenvalue weighted by atomic mass is 10.2. The van der Waals surface area contributed by atoms with Crippen LogP contribution in [0.15, 0.2) is 46.3 Å². The zero-order chi connectivity index (χ0) is 14.1. The fraction of sp³-hybridized carbons (Fsp3) is 0.0667. The summed E-state index contributed by atoms with van der Waals surface area (Å²) in [6.45, 7) is 0.370. The Morgan fingerprint density at radius 2 is 2.05 bits per heavy atom. The van der Waals surface area contributed by atoms with Gasteiger partial charge in [-0.1, -0.05) is 18.2 Å². The summed E-state index contributed by atoms with van der Waals surface area (Å²) >= 11 is 4.76. The van der Waals surface area contributed by atoms with Gasteiger partial charge in [0.25, 0.3) is 0 Å². The Labute approximate surface area is 128 Å². The van der Waals surface area contributed by atoms with Crippen LogP contribution in [0.4, 0.5) is 10.1 Å². The van der Waals surface area contributed by atoms with Crippen LogP contribution >= 0.6 is 27.3 Å². The SMILES string of the molecule is Nc1cc(Br)c(F)cc1OCc1csc2ccccc12. The first kappa shape index (κ1) is 13.4. The van der Waals surface area contributed by atoms with E-state index in [0.29, 0.717) is 22.5 Å². The number of nitrogen functional groups attached to an aromatic ring is 1. The average Bonchev–Trinajstić information content (AvgIpc) is 2.85. The van der Waals surface area contributed by atoms with Crippen molar-refractivity contribution in [1.82, 2.24) is 0 Å². The highest BCUT2D eigenvalue weighted by molar-refractivity contribution is 9.10. The van der Waals surface area contributed by atoms with Gasteiger partial charge in [-0.15, -0.1) is 11.3 Å². The minimum Gasteiger partial charge on any atom is -0.487 e. The van der Waals surface area contributed by atoms with E-state index in [-0.39, 0.29) is 5.82 Å². The van der Waals surface area contributed by atoms with E-state index in [9.17, 15) is 4.39 Å². The molecule has 2 aromatic carbocycles. The lowest BCUT2D eigenvalue weighted by Crippen LogP contribution is -1.99. The second-order valence-corrected chi connectivity index (χ2v) is 6.12. The maximum atomic E-state index is 13.5. The number of hydrogen-bond acceptors (Lipinski definition) is 3. The van der Waals surface area contributed by atoms with Crippen molar-refractivity contribution in [3.05, 3.63) is 57.6 Å². The summed E-state index contributed by atoms with van der Waals surface area (Å²) in [5.74, 6) is -0.0228. The summed E-state index contributed by atoms with van der Waals surface area (Å²) in [7, 11) is 0. The molecule has 3 aromatic rings. The maximum Gasteiger partial charge on any atom is 0.145 e. The number of thiophene rings is 1. The fourth-order valence-corrected chi connectivity index (χ4v) is 3.28. The van der Waals surface area contributed by atoms with Gasteiger partial charge in [-0.3, -0.25) is 0 Å². The molecule has 0 aliphatic heterocycles. The summed E-state index contributed by atoms with van der Waals surface area (Å²) in [6.07, 6.45) is 0. The predicted octanol–water partition coefficient (Wildman–Crippen LogP) is 4.96. The Bertz CT molecular complexity index is 772. The van der Waals surface area contributed by atoms with E-state index >= 15 is 0 Å². The Morgan fingerprint density at radius 1 is 1.25 bits per heavy atom. The monoisotopic (exact) mass is 351 g/mol. The van der Waals surface area contributed by atoms with Crippen molar-refractivity contribution in [2.75, 3.05) is 5.73 Å². The number of anilines is 1. The molecule has 0 amide bonds. The van der Waals surface area contributed by atoms with Crippen LogP contribution in [-0.4, -0.2) is 0 Å². The van der Waals surface area contributed by atoms with Gasteiger partial charge >= 0.3 is 0 Å². The fourth-order valence-electron chi connectivity index (χ4n) is 1.97. The van der Waals surface area contributed by atoms with Gasteiger partial charge < -0.3 is 10.5 Å². The van der Waals surface area contributed by atoms with Crippen LogP contribution in [-0.2, 0) is 6.61 Å². The highest BCUT2D eigenvalue weighted by Gasteiger charge is 2.09. The molecule has 0 atom stereocenters. The van der Waals surface area contributed by atoms with Crippen molar-refractivity contribution < 1.29 is 9.13 Å². The van der Waals surface area contributed by atoms with Gasteiger partial charge in [-0.2, -0.15) is 0 Å². The molecule has 102 valence electrons. The summed E-state index contributed by atoms with van der Waals surface area (Å²) in [6, 6.07) is 10.9. The topological polar surface area (TPSA) is 35.2 Å². The second kappa shape index (κ2) is 5.42. The molecule has 3 rings (SSSR count). The van der Waals surface area contributed by atoms with E-state index in [1.807, 2.05) is 12.1 Å². The lowest BCUT2D eigenvalue weighted by Gasteiger charge is -2.09. The number of nitrogens with two attached hydrogens (primary N) is 1. The van der Waals surface area contributed by atoms with E-state index < -0.39 is 0 Å². The van der Waals surface area contributed by atoms with Gasteiger partial charge in [0.05, 0.1) is 10.2 Å². The van der Waals surface area contributed by atoms with E-state index in [1.54, 1.807) is 11.3 Å². The number of benzene rings is 2. The van der Waals surface area contributed by atoms with Crippen LogP contribution in [0.1, 0.15) is 5.56 Å². The second-order valence-electron chi connectivity index (χ2n) is 4.35. The first-order valence-electron chi connectivity index (χ1n) is 5.97. The summed E-state index contributed by atoms with van der Waals surface area (Å²) in [5, 5.41) is 3.21. The molecular formula is C15H11BrFNOS. The summed E-state index contributed by atoms with van der Waals surface area (Å²) in [5.41, 5.74) is 7.32. The van der Waals surface area contributed by atoms with Crippen molar-refractivity contribution in [3.8, 4) is 5.75 Å². The molecule has 0 unspecified atom stereocenters. The molecule has 0 radical (unpaired) electrons. The molecule has 2 nitrogen and oxygen atoms in total. The molecular weight excluding hydrogens is 341 g/mol. The standard InChI is InChI=1S/C15H11BrFNOS/c16-11-5-13(18)14(6-12(11)17)19-7-9-8-20-15-4-2-1-3-10(9)15/h1-6,8H,7,18H2. The van der Waals surface area contributed by atoms with Crippen LogP contribution in [0.5, 0.6) is 5.75 Å². The largest absolute Gasteiger partial charge is 0.487 e. The first-order valence-corrected chi connectivity index (χ1v) is 7.65. The molecule has 0 aliphatic carbocycles. The van der Waals surface area contributed by atoms with Crippen molar-refractivity contribution >= 4 is 43.0 Å². The Hall–Kier alpha value is -1.59. The van der Waals surface area contributed by atoms with Crippen LogP contribution in [0.3, 0.4) is 0 Å². The number of ether oxygens (including phenoxy) is 1. The highest BCUT2D eigenvalue weighted by Crippen LogP contribution is 2.31. The van der Waals surface area contributed by atoms with Crippen LogP contribution in [0.2, 0.25) is 0 Å². The zero-order valence-corrected chi connectivity index (χ0v) is 12.8. The molecule has 0 fully saturated rings. The molecule has 0 saturated heterocycles.